The van der Waals surface area contributed by atoms with E-state index in [1.54, 1.807) is 7.11 Å². The summed E-state index contributed by atoms with van der Waals surface area (Å²) >= 11 is 0. The van der Waals surface area contributed by atoms with E-state index in [9.17, 15) is 4.79 Å². The first-order valence-electron chi connectivity index (χ1n) is 9.30. The van der Waals surface area contributed by atoms with Crippen LogP contribution in [0.25, 0.3) is 0 Å². The van der Waals surface area contributed by atoms with Crippen molar-refractivity contribution >= 4 is 5.91 Å². The van der Waals surface area contributed by atoms with Crippen LogP contribution in [-0.2, 0) is 24.3 Å². The Balaban J connectivity index is 1.43. The lowest BCUT2D eigenvalue weighted by Crippen LogP contribution is -2.40. The Labute approximate surface area is 153 Å². The molecule has 2 aromatic rings. The lowest BCUT2D eigenvalue weighted by molar-refractivity contribution is -0.132. The van der Waals surface area contributed by atoms with Crippen LogP contribution in [0.3, 0.4) is 0 Å². The number of carbonyl (C=O) groups is 1. The fraction of sp³-hybridized carbons (Fsp3) is 0.526. The summed E-state index contributed by atoms with van der Waals surface area (Å²) in [5.74, 6) is 2.81. The van der Waals surface area contributed by atoms with Crippen molar-refractivity contribution in [2.24, 2.45) is 0 Å². The highest BCUT2D eigenvalue weighted by Crippen LogP contribution is 2.24. The number of rotatable bonds is 4. The lowest BCUT2D eigenvalue weighted by Gasteiger charge is -2.30. The maximum Gasteiger partial charge on any atom is 0.227 e. The minimum absolute atomic E-state index is 0.116. The van der Waals surface area contributed by atoms with Gasteiger partial charge in [-0.2, -0.15) is 0 Å². The lowest BCUT2D eigenvalue weighted by atomic mass is 10.0. The molecule has 0 saturated carbocycles. The number of benzene rings is 1. The van der Waals surface area contributed by atoms with Crippen molar-refractivity contribution in [2.45, 2.75) is 44.8 Å². The molecule has 7 heteroatoms. The van der Waals surface area contributed by atoms with Gasteiger partial charge in [-0.3, -0.25) is 4.79 Å². The van der Waals surface area contributed by atoms with E-state index in [0.29, 0.717) is 25.6 Å². The van der Waals surface area contributed by atoms with Crippen molar-refractivity contribution in [3.63, 3.8) is 0 Å². The fourth-order valence-electron chi connectivity index (χ4n) is 3.79. The van der Waals surface area contributed by atoms with E-state index in [1.165, 1.54) is 12.8 Å². The number of nitrogens with one attached hydrogen (secondary N) is 1. The topological polar surface area (TPSA) is 72.3 Å². The molecule has 138 valence electrons. The number of fused-ring (bicyclic) bond motifs is 1. The van der Waals surface area contributed by atoms with Gasteiger partial charge in [0, 0.05) is 13.1 Å². The molecule has 3 heterocycles. The summed E-state index contributed by atoms with van der Waals surface area (Å²) in [7, 11) is 1.64. The molecule has 0 aliphatic carbocycles. The number of carbonyl (C=O) groups excluding carboxylic acids is 1. The van der Waals surface area contributed by atoms with Gasteiger partial charge in [-0.15, -0.1) is 10.2 Å². The minimum Gasteiger partial charge on any atom is -0.497 e. The van der Waals surface area contributed by atoms with Crippen LogP contribution in [-0.4, -0.2) is 45.8 Å². The van der Waals surface area contributed by atoms with Crippen molar-refractivity contribution in [3.8, 4) is 5.75 Å². The molecular weight excluding hydrogens is 330 g/mol. The van der Waals surface area contributed by atoms with Crippen LogP contribution in [0.1, 0.15) is 42.5 Å². The van der Waals surface area contributed by atoms with Crippen molar-refractivity contribution in [3.05, 3.63) is 41.5 Å². The molecule has 0 spiro atoms. The van der Waals surface area contributed by atoms with Crippen molar-refractivity contribution in [1.82, 2.24) is 25.0 Å². The maximum absolute atomic E-state index is 12.7. The third kappa shape index (κ3) is 3.44. The second-order valence-corrected chi connectivity index (χ2v) is 6.97. The van der Waals surface area contributed by atoms with Crippen LogP contribution < -0.4 is 10.1 Å². The van der Waals surface area contributed by atoms with Gasteiger partial charge in [-0.25, -0.2) is 0 Å². The maximum atomic E-state index is 12.7. The summed E-state index contributed by atoms with van der Waals surface area (Å²) in [6.07, 6.45) is 3.94. The van der Waals surface area contributed by atoms with E-state index >= 15 is 0 Å². The average molecular weight is 355 g/mol. The Bertz CT molecular complexity index is 782. The number of ether oxygens (including phenoxy) is 1. The number of nitrogens with zero attached hydrogens (tertiary/aromatic N) is 4. The number of hydrogen-bond acceptors (Lipinski definition) is 5. The molecule has 7 nitrogen and oxygen atoms in total. The monoisotopic (exact) mass is 355 g/mol. The molecule has 1 N–H and O–H groups in total. The zero-order valence-electron chi connectivity index (χ0n) is 15.1. The molecule has 0 bridgehead atoms. The summed E-state index contributed by atoms with van der Waals surface area (Å²) < 4.78 is 7.43. The summed E-state index contributed by atoms with van der Waals surface area (Å²) in [5.41, 5.74) is 0.966. The molecule has 1 amide bonds. The third-order valence-electron chi connectivity index (χ3n) is 5.25. The fourth-order valence-corrected chi connectivity index (χ4v) is 3.79. The summed E-state index contributed by atoms with van der Waals surface area (Å²) in [6.45, 7) is 3.04. The highest BCUT2D eigenvalue weighted by molar-refractivity contribution is 5.79. The molecule has 0 radical (unpaired) electrons. The van der Waals surface area contributed by atoms with Crippen LogP contribution in [0.15, 0.2) is 24.3 Å². The van der Waals surface area contributed by atoms with E-state index in [-0.39, 0.29) is 5.91 Å². The number of aromatic nitrogens is 3. The third-order valence-corrected chi connectivity index (χ3v) is 5.25. The van der Waals surface area contributed by atoms with Crippen LogP contribution in [0, 0.1) is 0 Å². The highest BCUT2D eigenvalue weighted by Gasteiger charge is 2.28. The first-order chi connectivity index (χ1) is 12.7. The second kappa shape index (κ2) is 7.45. The summed E-state index contributed by atoms with van der Waals surface area (Å²) in [6, 6.07) is 7.97. The molecule has 1 fully saturated rings. The molecule has 1 atom stereocenters. The van der Waals surface area contributed by atoms with Gasteiger partial charge in [0.05, 0.1) is 26.1 Å². The van der Waals surface area contributed by atoms with E-state index in [2.05, 4.69) is 20.1 Å². The van der Waals surface area contributed by atoms with Crippen LogP contribution in [0.5, 0.6) is 5.75 Å². The zero-order valence-corrected chi connectivity index (χ0v) is 15.1. The predicted octanol–water partition coefficient (Wildman–Crippen LogP) is 1.69. The predicted molar refractivity (Wildman–Crippen MR) is 96.7 cm³/mol. The standard InChI is InChI=1S/C19H25N5O2/c1-26-15-6-4-5-14(11-15)12-18(25)23-9-10-24-17(13-23)21-22-19(24)16-7-2-3-8-20-16/h4-6,11,16,20H,2-3,7-10,12-13H2,1H3/t16-/m1/s1. The molecular formula is C19H25N5O2. The minimum atomic E-state index is 0.116. The summed E-state index contributed by atoms with van der Waals surface area (Å²) in [4.78, 5) is 14.6. The van der Waals surface area contributed by atoms with Gasteiger partial charge in [0.25, 0.3) is 0 Å². The Hall–Kier alpha value is -2.41. The van der Waals surface area contributed by atoms with Crippen LogP contribution in [0.2, 0.25) is 0 Å². The van der Waals surface area contributed by atoms with Gasteiger partial charge in [0.1, 0.15) is 11.6 Å². The van der Waals surface area contributed by atoms with Gasteiger partial charge in [-0.1, -0.05) is 18.6 Å². The molecule has 2 aliphatic rings. The Morgan fingerprint density at radius 3 is 3.04 bits per heavy atom. The number of hydrogen-bond donors (Lipinski definition) is 1. The molecule has 0 unspecified atom stereocenters. The van der Waals surface area contributed by atoms with E-state index in [1.807, 2.05) is 29.2 Å². The molecule has 1 aromatic carbocycles. The smallest absolute Gasteiger partial charge is 0.227 e. The molecule has 1 aromatic heterocycles. The Morgan fingerprint density at radius 1 is 1.31 bits per heavy atom. The van der Waals surface area contributed by atoms with Crippen LogP contribution in [0.4, 0.5) is 0 Å². The van der Waals surface area contributed by atoms with Crippen LogP contribution >= 0.6 is 0 Å². The van der Waals surface area contributed by atoms with Crippen molar-refractivity contribution in [1.29, 1.82) is 0 Å². The molecule has 4 rings (SSSR count). The first-order valence-corrected chi connectivity index (χ1v) is 9.30. The molecule has 2 aliphatic heterocycles. The summed E-state index contributed by atoms with van der Waals surface area (Å²) in [5, 5.41) is 12.3. The Kier molecular flexibility index (Phi) is 4.88. The number of piperidine rings is 1. The zero-order chi connectivity index (χ0) is 17.9. The average Bonchev–Trinajstić information content (AvgIpc) is 3.12. The van der Waals surface area contributed by atoms with Gasteiger partial charge in [0.15, 0.2) is 5.82 Å². The number of amides is 1. The Morgan fingerprint density at radius 2 is 2.23 bits per heavy atom. The quantitative estimate of drug-likeness (QED) is 0.904. The van der Waals surface area contributed by atoms with Gasteiger partial charge < -0.3 is 19.5 Å². The van der Waals surface area contributed by atoms with Gasteiger partial charge in [-0.05, 0) is 37.1 Å². The van der Waals surface area contributed by atoms with E-state index in [0.717, 1.165) is 42.5 Å². The largest absolute Gasteiger partial charge is 0.497 e. The highest BCUT2D eigenvalue weighted by atomic mass is 16.5. The van der Waals surface area contributed by atoms with Gasteiger partial charge in [0.2, 0.25) is 5.91 Å². The molecule has 1 saturated heterocycles. The normalized spacial score (nSPS) is 19.9. The second-order valence-electron chi connectivity index (χ2n) is 6.97. The van der Waals surface area contributed by atoms with Crippen molar-refractivity contribution < 1.29 is 9.53 Å². The SMILES string of the molecule is COc1cccc(CC(=O)N2CCn3c(nnc3[C@H]3CCCCN3)C2)c1. The van der Waals surface area contributed by atoms with E-state index < -0.39 is 0 Å². The van der Waals surface area contributed by atoms with Gasteiger partial charge >= 0.3 is 0 Å². The molecule has 26 heavy (non-hydrogen) atoms. The van der Waals surface area contributed by atoms with Crippen molar-refractivity contribution in [2.75, 3.05) is 20.2 Å². The van der Waals surface area contributed by atoms with E-state index in [4.69, 9.17) is 4.74 Å². The first kappa shape index (κ1) is 17.0. The number of methoxy groups -OCH3 is 1.